The van der Waals surface area contributed by atoms with E-state index in [1.807, 2.05) is 18.2 Å². The third-order valence-corrected chi connectivity index (χ3v) is 4.35. The molecule has 0 saturated heterocycles. The minimum absolute atomic E-state index is 0.421. The fourth-order valence-electron chi connectivity index (χ4n) is 3.28. The van der Waals surface area contributed by atoms with Crippen molar-refractivity contribution in [1.82, 2.24) is 0 Å². The molecule has 1 atom stereocenters. The number of benzene rings is 4. The zero-order chi connectivity index (χ0) is 15.3. The molecule has 108 valence electrons. The minimum atomic E-state index is -0.769. The van der Waals surface area contributed by atoms with Crippen LogP contribution in [0.15, 0.2) is 54.6 Å². The maximum absolute atomic E-state index is 11.8. The monoisotopic (exact) mass is 289 g/mol. The molecule has 0 aromatic heterocycles. The molecule has 0 fully saturated rings. The Hall–Kier alpha value is -2.65. The van der Waals surface area contributed by atoms with Gasteiger partial charge in [0.25, 0.3) is 0 Å². The van der Waals surface area contributed by atoms with E-state index in [9.17, 15) is 4.79 Å². The zero-order valence-electron chi connectivity index (χ0n) is 12.2. The Kier molecular flexibility index (Phi) is 2.78. The maximum atomic E-state index is 11.8. The van der Waals surface area contributed by atoms with E-state index in [-0.39, 0.29) is 0 Å². The number of carbonyl (C=O) groups is 1. The van der Waals surface area contributed by atoms with Crippen LogP contribution in [0.3, 0.4) is 0 Å². The third kappa shape index (κ3) is 1.69. The first-order valence-corrected chi connectivity index (χ1v) is 7.20. The number of rotatable bonds is 2. The van der Waals surface area contributed by atoms with Crippen molar-refractivity contribution in [1.29, 1.82) is 0 Å². The van der Waals surface area contributed by atoms with Gasteiger partial charge in [-0.1, -0.05) is 54.6 Å². The van der Waals surface area contributed by atoms with Crippen LogP contribution < -0.4 is 5.73 Å². The minimum Gasteiger partial charge on any atom is -0.468 e. The molecule has 3 heteroatoms. The average Bonchev–Trinajstić information content (AvgIpc) is 2.58. The van der Waals surface area contributed by atoms with Crippen LogP contribution in [0, 0.1) is 0 Å². The molecule has 0 aliphatic rings. The van der Waals surface area contributed by atoms with Gasteiger partial charge in [0, 0.05) is 0 Å². The number of methoxy groups -OCH3 is 1. The van der Waals surface area contributed by atoms with Crippen molar-refractivity contribution >= 4 is 38.3 Å². The first-order valence-electron chi connectivity index (χ1n) is 7.20. The Bertz CT molecular complexity index is 990. The zero-order valence-corrected chi connectivity index (χ0v) is 12.2. The van der Waals surface area contributed by atoms with Gasteiger partial charge in [-0.2, -0.15) is 0 Å². The number of ether oxygens (including phenoxy) is 1. The van der Waals surface area contributed by atoms with Gasteiger partial charge in [0.15, 0.2) is 0 Å². The van der Waals surface area contributed by atoms with E-state index >= 15 is 0 Å². The van der Waals surface area contributed by atoms with Gasteiger partial charge in [0.1, 0.15) is 6.04 Å². The first-order chi connectivity index (χ1) is 10.7. The van der Waals surface area contributed by atoms with Crippen LogP contribution in [-0.4, -0.2) is 13.1 Å². The fraction of sp³-hybridized carbons (Fsp3) is 0.105. The maximum Gasteiger partial charge on any atom is 0.327 e. The summed E-state index contributed by atoms with van der Waals surface area (Å²) < 4.78 is 4.79. The number of esters is 1. The van der Waals surface area contributed by atoms with E-state index in [2.05, 4.69) is 36.4 Å². The highest BCUT2D eigenvalue weighted by Crippen LogP contribution is 2.37. The smallest absolute Gasteiger partial charge is 0.327 e. The quantitative estimate of drug-likeness (QED) is 0.451. The second-order valence-electron chi connectivity index (χ2n) is 5.51. The predicted octanol–water partition coefficient (Wildman–Crippen LogP) is 3.76. The number of hydrogen-bond acceptors (Lipinski definition) is 3. The number of nitrogens with two attached hydrogens (primary N) is 1. The lowest BCUT2D eigenvalue weighted by molar-refractivity contribution is -0.142. The lowest BCUT2D eigenvalue weighted by atomic mass is 9.90. The highest BCUT2D eigenvalue weighted by Gasteiger charge is 2.20. The molecule has 0 aliphatic carbocycles. The van der Waals surface area contributed by atoms with Crippen molar-refractivity contribution in [3.05, 3.63) is 60.2 Å². The predicted molar refractivity (Wildman–Crippen MR) is 89.1 cm³/mol. The van der Waals surface area contributed by atoms with Crippen molar-refractivity contribution in [3.63, 3.8) is 0 Å². The lowest BCUT2D eigenvalue weighted by Gasteiger charge is -2.16. The molecule has 22 heavy (non-hydrogen) atoms. The van der Waals surface area contributed by atoms with Gasteiger partial charge in [-0.25, -0.2) is 0 Å². The van der Waals surface area contributed by atoms with Gasteiger partial charge >= 0.3 is 5.97 Å². The summed E-state index contributed by atoms with van der Waals surface area (Å²) in [7, 11) is 1.36. The molecule has 4 aromatic carbocycles. The van der Waals surface area contributed by atoms with Crippen molar-refractivity contribution in [3.8, 4) is 0 Å². The Morgan fingerprint density at radius 2 is 1.50 bits per heavy atom. The molecular weight excluding hydrogens is 274 g/mol. The largest absolute Gasteiger partial charge is 0.468 e. The molecular formula is C19H15NO2. The Morgan fingerprint density at radius 3 is 2.18 bits per heavy atom. The van der Waals surface area contributed by atoms with Gasteiger partial charge in [-0.3, -0.25) is 4.79 Å². The molecule has 0 amide bonds. The van der Waals surface area contributed by atoms with Gasteiger partial charge in [-0.05, 0) is 37.9 Å². The summed E-state index contributed by atoms with van der Waals surface area (Å²) in [6, 6.07) is 17.8. The van der Waals surface area contributed by atoms with Crippen molar-refractivity contribution in [2.24, 2.45) is 5.73 Å². The Morgan fingerprint density at radius 1 is 0.909 bits per heavy atom. The standard InChI is InChI=1S/C19H15NO2/c1-22-19(21)18(20)15-10-8-13-6-5-11-3-2-4-12-7-9-14(15)17(13)16(11)12/h2-10,18H,20H2,1H3/t18-/m1/s1. The summed E-state index contributed by atoms with van der Waals surface area (Å²) in [4.78, 5) is 11.8. The van der Waals surface area contributed by atoms with E-state index in [0.29, 0.717) is 0 Å². The Labute approximate surface area is 127 Å². The second kappa shape index (κ2) is 4.68. The highest BCUT2D eigenvalue weighted by atomic mass is 16.5. The van der Waals surface area contributed by atoms with Crippen molar-refractivity contribution < 1.29 is 9.53 Å². The van der Waals surface area contributed by atoms with Crippen LogP contribution in [0.5, 0.6) is 0 Å². The molecule has 2 N–H and O–H groups in total. The number of carbonyl (C=O) groups excluding carboxylic acids is 1. The molecule has 0 saturated carbocycles. The molecule has 0 spiro atoms. The van der Waals surface area contributed by atoms with E-state index in [4.69, 9.17) is 10.5 Å². The highest BCUT2D eigenvalue weighted by molar-refractivity contribution is 6.23. The summed E-state index contributed by atoms with van der Waals surface area (Å²) in [6.07, 6.45) is 0. The van der Waals surface area contributed by atoms with Gasteiger partial charge < -0.3 is 10.5 Å². The van der Waals surface area contributed by atoms with E-state index in [1.165, 1.54) is 23.3 Å². The number of hydrogen-bond donors (Lipinski definition) is 1. The van der Waals surface area contributed by atoms with Crippen LogP contribution in [-0.2, 0) is 9.53 Å². The molecule has 0 aliphatic heterocycles. The fourth-order valence-corrected chi connectivity index (χ4v) is 3.28. The summed E-state index contributed by atoms with van der Waals surface area (Å²) in [5.74, 6) is -0.421. The normalized spacial score (nSPS) is 13.0. The molecule has 3 nitrogen and oxygen atoms in total. The molecule has 0 unspecified atom stereocenters. The van der Waals surface area contributed by atoms with Crippen LogP contribution in [0.25, 0.3) is 32.3 Å². The SMILES string of the molecule is COC(=O)[C@H](N)c1ccc2ccc3cccc4ccc1c2c34. The van der Waals surface area contributed by atoms with Gasteiger partial charge in [-0.15, -0.1) is 0 Å². The average molecular weight is 289 g/mol. The summed E-state index contributed by atoms with van der Waals surface area (Å²) in [6.45, 7) is 0. The van der Waals surface area contributed by atoms with E-state index < -0.39 is 12.0 Å². The molecule has 0 heterocycles. The Balaban J connectivity index is 2.15. The third-order valence-electron chi connectivity index (χ3n) is 4.35. The molecule has 0 radical (unpaired) electrons. The molecule has 4 aromatic rings. The molecule has 0 bridgehead atoms. The van der Waals surface area contributed by atoms with Gasteiger partial charge in [0.05, 0.1) is 7.11 Å². The van der Waals surface area contributed by atoms with E-state index in [0.717, 1.165) is 21.7 Å². The van der Waals surface area contributed by atoms with Crippen LogP contribution in [0.4, 0.5) is 0 Å². The lowest BCUT2D eigenvalue weighted by Crippen LogP contribution is -2.22. The van der Waals surface area contributed by atoms with Gasteiger partial charge in [0.2, 0.25) is 0 Å². The van der Waals surface area contributed by atoms with Crippen LogP contribution >= 0.6 is 0 Å². The van der Waals surface area contributed by atoms with Crippen LogP contribution in [0.1, 0.15) is 11.6 Å². The molecule has 4 rings (SSSR count). The van der Waals surface area contributed by atoms with E-state index in [1.54, 1.807) is 0 Å². The second-order valence-corrected chi connectivity index (χ2v) is 5.51. The summed E-state index contributed by atoms with van der Waals surface area (Å²) in [5.41, 5.74) is 6.88. The van der Waals surface area contributed by atoms with Crippen molar-refractivity contribution in [2.75, 3.05) is 7.11 Å². The first kappa shape index (κ1) is 13.0. The summed E-state index contributed by atoms with van der Waals surface area (Å²) >= 11 is 0. The van der Waals surface area contributed by atoms with Crippen LogP contribution in [0.2, 0.25) is 0 Å². The topological polar surface area (TPSA) is 52.3 Å². The summed E-state index contributed by atoms with van der Waals surface area (Å²) in [5, 5.41) is 6.93. The van der Waals surface area contributed by atoms with Crippen molar-refractivity contribution in [2.45, 2.75) is 6.04 Å².